The van der Waals surface area contributed by atoms with Gasteiger partial charge in [-0.15, -0.1) is 24.0 Å². The second kappa shape index (κ2) is 9.00. The predicted molar refractivity (Wildman–Crippen MR) is 92.3 cm³/mol. The van der Waals surface area contributed by atoms with E-state index in [1.54, 1.807) is 0 Å². The maximum Gasteiger partial charge on any atom is 0.191 e. The summed E-state index contributed by atoms with van der Waals surface area (Å²) < 4.78 is 0. The van der Waals surface area contributed by atoms with Gasteiger partial charge in [0, 0.05) is 26.2 Å². The van der Waals surface area contributed by atoms with E-state index in [4.69, 9.17) is 4.99 Å². The third kappa shape index (κ3) is 6.29. The van der Waals surface area contributed by atoms with Crippen LogP contribution in [-0.4, -0.2) is 50.1 Å². The zero-order valence-electron chi connectivity index (χ0n) is 12.3. The van der Waals surface area contributed by atoms with E-state index < -0.39 is 0 Å². The van der Waals surface area contributed by atoms with Crippen molar-refractivity contribution in [1.82, 2.24) is 15.5 Å². The lowest BCUT2D eigenvalue weighted by Crippen LogP contribution is -2.38. The molecule has 1 saturated heterocycles. The standard InChI is InChI=1S/C14H28N4.HI/c1-3-15-14(16-9-12-5-6-12)17-10-13-7-8-18(4-2)11-13;/h12-13H,3-11H2,1-2H3,(H2,15,16,17);1H. The van der Waals surface area contributed by atoms with E-state index in [-0.39, 0.29) is 24.0 Å². The molecule has 2 aliphatic rings. The Labute approximate surface area is 134 Å². The first-order valence-electron chi connectivity index (χ1n) is 7.56. The number of hydrogen-bond donors (Lipinski definition) is 2. The van der Waals surface area contributed by atoms with Crippen LogP contribution in [0.15, 0.2) is 4.99 Å². The molecule has 0 radical (unpaired) electrons. The summed E-state index contributed by atoms with van der Waals surface area (Å²) in [6.07, 6.45) is 4.08. The van der Waals surface area contributed by atoms with Crippen LogP contribution in [0.25, 0.3) is 0 Å². The van der Waals surface area contributed by atoms with E-state index in [9.17, 15) is 0 Å². The molecule has 19 heavy (non-hydrogen) atoms. The van der Waals surface area contributed by atoms with Crippen LogP contribution in [0.5, 0.6) is 0 Å². The number of nitrogens with one attached hydrogen (secondary N) is 2. The molecule has 1 atom stereocenters. The average molecular weight is 380 g/mol. The van der Waals surface area contributed by atoms with Crippen molar-refractivity contribution in [3.05, 3.63) is 0 Å². The van der Waals surface area contributed by atoms with Gasteiger partial charge in [-0.1, -0.05) is 6.92 Å². The van der Waals surface area contributed by atoms with E-state index in [0.717, 1.165) is 37.4 Å². The van der Waals surface area contributed by atoms with Crippen molar-refractivity contribution in [3.8, 4) is 0 Å². The van der Waals surface area contributed by atoms with Crippen molar-refractivity contribution in [3.63, 3.8) is 0 Å². The fourth-order valence-electron chi connectivity index (χ4n) is 2.47. The van der Waals surface area contributed by atoms with Crippen LogP contribution >= 0.6 is 24.0 Å². The van der Waals surface area contributed by atoms with E-state index in [0.29, 0.717) is 0 Å². The summed E-state index contributed by atoms with van der Waals surface area (Å²) >= 11 is 0. The molecule has 1 heterocycles. The molecule has 0 spiro atoms. The minimum Gasteiger partial charge on any atom is -0.357 e. The lowest BCUT2D eigenvalue weighted by Gasteiger charge is -2.13. The zero-order chi connectivity index (χ0) is 12.8. The molecule has 0 aromatic heterocycles. The van der Waals surface area contributed by atoms with Crippen molar-refractivity contribution in [2.45, 2.75) is 33.1 Å². The fraction of sp³-hybridized carbons (Fsp3) is 0.929. The highest BCUT2D eigenvalue weighted by molar-refractivity contribution is 14.0. The topological polar surface area (TPSA) is 39.7 Å². The van der Waals surface area contributed by atoms with Crippen LogP contribution in [0.2, 0.25) is 0 Å². The molecule has 2 rings (SSSR count). The van der Waals surface area contributed by atoms with Crippen LogP contribution in [0.4, 0.5) is 0 Å². The van der Waals surface area contributed by atoms with Crippen molar-refractivity contribution in [2.75, 3.05) is 39.3 Å². The zero-order valence-corrected chi connectivity index (χ0v) is 14.7. The number of rotatable bonds is 6. The Morgan fingerprint density at radius 1 is 1.16 bits per heavy atom. The van der Waals surface area contributed by atoms with Crippen molar-refractivity contribution >= 4 is 29.9 Å². The van der Waals surface area contributed by atoms with Gasteiger partial charge in [0.2, 0.25) is 0 Å². The van der Waals surface area contributed by atoms with Gasteiger partial charge in [-0.25, -0.2) is 0 Å². The molecule has 1 saturated carbocycles. The summed E-state index contributed by atoms with van der Waals surface area (Å²) in [6.45, 7) is 11.0. The summed E-state index contributed by atoms with van der Waals surface area (Å²) in [7, 11) is 0. The van der Waals surface area contributed by atoms with E-state index >= 15 is 0 Å². The van der Waals surface area contributed by atoms with Crippen LogP contribution in [-0.2, 0) is 0 Å². The van der Waals surface area contributed by atoms with E-state index in [1.807, 2.05) is 0 Å². The average Bonchev–Trinajstić information content (AvgIpc) is 3.10. The molecule has 0 aromatic rings. The first-order valence-corrected chi connectivity index (χ1v) is 7.56. The van der Waals surface area contributed by atoms with Crippen LogP contribution in [0.3, 0.4) is 0 Å². The SMILES string of the molecule is CCNC(=NCC1CCN(CC)C1)NCC1CC1.I. The first kappa shape index (κ1) is 17.0. The molecule has 2 N–H and O–H groups in total. The van der Waals surface area contributed by atoms with Gasteiger partial charge in [-0.3, -0.25) is 4.99 Å². The lowest BCUT2D eigenvalue weighted by atomic mass is 10.1. The number of likely N-dealkylation sites (tertiary alicyclic amines) is 1. The number of halogens is 1. The van der Waals surface area contributed by atoms with Crippen molar-refractivity contribution < 1.29 is 0 Å². The molecule has 2 fully saturated rings. The van der Waals surface area contributed by atoms with E-state index in [2.05, 4.69) is 29.4 Å². The summed E-state index contributed by atoms with van der Waals surface area (Å²) in [5.41, 5.74) is 0. The number of nitrogens with zero attached hydrogens (tertiary/aromatic N) is 2. The second-order valence-corrected chi connectivity index (χ2v) is 5.59. The molecule has 1 unspecified atom stereocenters. The summed E-state index contributed by atoms with van der Waals surface area (Å²) in [4.78, 5) is 7.25. The second-order valence-electron chi connectivity index (χ2n) is 5.59. The highest BCUT2D eigenvalue weighted by Gasteiger charge is 2.22. The Morgan fingerprint density at radius 2 is 1.95 bits per heavy atom. The predicted octanol–water partition coefficient (Wildman–Crippen LogP) is 1.91. The minimum atomic E-state index is 0. The smallest absolute Gasteiger partial charge is 0.191 e. The molecule has 112 valence electrons. The maximum absolute atomic E-state index is 4.73. The van der Waals surface area contributed by atoms with Gasteiger partial charge in [0.1, 0.15) is 0 Å². The Bertz CT molecular complexity index is 279. The minimum absolute atomic E-state index is 0. The van der Waals surface area contributed by atoms with Gasteiger partial charge >= 0.3 is 0 Å². The van der Waals surface area contributed by atoms with Crippen LogP contribution in [0.1, 0.15) is 33.1 Å². The molecule has 0 aromatic carbocycles. The molecular formula is C14H29IN4. The van der Waals surface area contributed by atoms with Crippen molar-refractivity contribution in [1.29, 1.82) is 0 Å². The fourth-order valence-corrected chi connectivity index (χ4v) is 2.47. The summed E-state index contributed by atoms with van der Waals surface area (Å²) in [6, 6.07) is 0. The lowest BCUT2D eigenvalue weighted by molar-refractivity contribution is 0.343. The largest absolute Gasteiger partial charge is 0.357 e. The molecule has 0 amide bonds. The van der Waals surface area contributed by atoms with Gasteiger partial charge in [0.15, 0.2) is 5.96 Å². The Kier molecular flexibility index (Phi) is 8.06. The maximum atomic E-state index is 4.73. The molecule has 0 bridgehead atoms. The van der Waals surface area contributed by atoms with Gasteiger partial charge in [-0.05, 0) is 51.1 Å². The number of hydrogen-bond acceptors (Lipinski definition) is 2. The van der Waals surface area contributed by atoms with Gasteiger partial charge < -0.3 is 15.5 Å². The van der Waals surface area contributed by atoms with E-state index in [1.165, 1.54) is 38.9 Å². The normalized spacial score (nSPS) is 24.1. The first-order chi connectivity index (χ1) is 8.81. The molecule has 1 aliphatic heterocycles. The Hall–Kier alpha value is -0.0400. The highest BCUT2D eigenvalue weighted by Crippen LogP contribution is 2.27. The highest BCUT2D eigenvalue weighted by atomic mass is 127. The third-order valence-corrected chi connectivity index (χ3v) is 3.92. The Morgan fingerprint density at radius 3 is 2.53 bits per heavy atom. The number of guanidine groups is 1. The van der Waals surface area contributed by atoms with Crippen LogP contribution < -0.4 is 10.6 Å². The van der Waals surface area contributed by atoms with Gasteiger partial charge in [0.05, 0.1) is 0 Å². The molecular weight excluding hydrogens is 351 g/mol. The molecule has 1 aliphatic carbocycles. The van der Waals surface area contributed by atoms with Gasteiger partial charge in [0.25, 0.3) is 0 Å². The third-order valence-electron chi connectivity index (χ3n) is 3.92. The Balaban J connectivity index is 0.00000180. The molecule has 4 nitrogen and oxygen atoms in total. The quantitative estimate of drug-likeness (QED) is 0.420. The van der Waals surface area contributed by atoms with Crippen molar-refractivity contribution in [2.24, 2.45) is 16.8 Å². The van der Waals surface area contributed by atoms with Gasteiger partial charge in [-0.2, -0.15) is 0 Å². The summed E-state index contributed by atoms with van der Waals surface area (Å²) in [5, 5.41) is 6.80. The molecule has 5 heteroatoms. The van der Waals surface area contributed by atoms with Crippen LogP contribution in [0, 0.1) is 11.8 Å². The number of aliphatic imine (C=N–C) groups is 1. The summed E-state index contributed by atoms with van der Waals surface area (Å²) in [5.74, 6) is 2.66. The monoisotopic (exact) mass is 380 g/mol.